The molecule has 0 amide bonds. The lowest BCUT2D eigenvalue weighted by atomic mass is 10.3. The normalized spacial score (nSPS) is 11.2. The molecule has 4 aromatic rings. The van der Waals surface area contributed by atoms with E-state index in [1.807, 2.05) is 0 Å². The molecule has 4 heterocycles. The third kappa shape index (κ3) is 3.05. The molecule has 0 aliphatic heterocycles. The highest BCUT2D eigenvalue weighted by atomic mass is 79.9. The zero-order chi connectivity index (χ0) is 18.4. The monoisotopic (exact) mass is 515 g/mol. The van der Waals surface area contributed by atoms with Gasteiger partial charge in [-0.1, -0.05) is 23.2 Å². The summed E-state index contributed by atoms with van der Waals surface area (Å²) < 4.78 is 7.78. The molecule has 4 aromatic heterocycles. The number of rotatable bonds is 2. The van der Waals surface area contributed by atoms with Gasteiger partial charge < -0.3 is 4.42 Å². The van der Waals surface area contributed by atoms with Gasteiger partial charge in [0.25, 0.3) is 0 Å². The lowest BCUT2D eigenvalue weighted by molar-refractivity contribution is 0.511. The second-order valence-corrected chi connectivity index (χ2v) is 7.46. The minimum Gasteiger partial charge on any atom is -0.400 e. The largest absolute Gasteiger partial charge is 0.400 e. The summed E-state index contributed by atoms with van der Waals surface area (Å²) in [5.74, 6) is 0.403. The van der Waals surface area contributed by atoms with Gasteiger partial charge in [0.15, 0.2) is 11.3 Å². The number of nitrogens with zero attached hydrogens (tertiary/aromatic N) is 5. The average Bonchev–Trinajstić information content (AvgIpc) is 2.97. The zero-order valence-electron chi connectivity index (χ0n) is 12.5. The lowest BCUT2D eigenvalue weighted by Gasteiger charge is -2.07. The van der Waals surface area contributed by atoms with E-state index in [1.165, 1.54) is 4.68 Å². The van der Waals surface area contributed by atoms with Crippen molar-refractivity contribution in [1.29, 1.82) is 0 Å². The molecule has 0 spiro atoms. The predicted molar refractivity (Wildman–Crippen MR) is 104 cm³/mol. The molecule has 4 rings (SSSR count). The van der Waals surface area contributed by atoms with Gasteiger partial charge in [0.05, 0.1) is 5.02 Å². The highest BCUT2D eigenvalue weighted by Gasteiger charge is 2.20. The fraction of sp³-hybridized carbons (Fsp3) is 0. The Labute approximate surface area is 172 Å². The first-order valence-corrected chi connectivity index (χ1v) is 9.32. The van der Waals surface area contributed by atoms with Crippen molar-refractivity contribution in [3.05, 3.63) is 60.1 Å². The molecular formula is C15H5Br2Cl2N5O2. The lowest BCUT2D eigenvalue weighted by Crippen LogP contribution is -2.08. The van der Waals surface area contributed by atoms with Gasteiger partial charge in [-0.25, -0.2) is 24.4 Å². The standard InChI is InChI=1S/C15H5Br2Cl2N5O2/c16-6-4-10(19)21-12-11(6)22-14(26-15(12)25)8-5-9(17)23-24(8)13-7(18)2-1-3-20-13/h1-5H. The molecule has 130 valence electrons. The van der Waals surface area contributed by atoms with Gasteiger partial charge in [0.1, 0.15) is 21.0 Å². The van der Waals surface area contributed by atoms with Crippen molar-refractivity contribution < 1.29 is 4.42 Å². The van der Waals surface area contributed by atoms with E-state index in [4.69, 9.17) is 27.6 Å². The summed E-state index contributed by atoms with van der Waals surface area (Å²) >= 11 is 18.7. The summed E-state index contributed by atoms with van der Waals surface area (Å²) in [5.41, 5.74) is 0.0493. The van der Waals surface area contributed by atoms with Crippen LogP contribution >= 0.6 is 55.1 Å². The third-order valence-electron chi connectivity index (χ3n) is 3.35. The number of halogens is 4. The van der Waals surface area contributed by atoms with Gasteiger partial charge in [-0.3, -0.25) is 0 Å². The third-order valence-corrected chi connectivity index (χ3v) is 4.83. The summed E-state index contributed by atoms with van der Waals surface area (Å²) in [4.78, 5) is 25.0. The van der Waals surface area contributed by atoms with Crippen LogP contribution in [0, 0.1) is 0 Å². The van der Waals surface area contributed by atoms with E-state index < -0.39 is 5.63 Å². The van der Waals surface area contributed by atoms with E-state index in [0.717, 1.165) is 0 Å². The molecule has 7 nitrogen and oxygen atoms in total. The fourth-order valence-corrected chi connectivity index (χ4v) is 3.69. The maximum absolute atomic E-state index is 12.4. The zero-order valence-corrected chi connectivity index (χ0v) is 17.1. The Kier molecular flexibility index (Phi) is 4.55. The van der Waals surface area contributed by atoms with Crippen LogP contribution in [-0.4, -0.2) is 24.7 Å². The first-order valence-electron chi connectivity index (χ1n) is 6.98. The molecule has 0 bridgehead atoms. The molecule has 0 unspecified atom stereocenters. The smallest absolute Gasteiger partial charge is 0.366 e. The molecule has 0 N–H and O–H groups in total. The maximum atomic E-state index is 12.4. The van der Waals surface area contributed by atoms with Crippen molar-refractivity contribution in [1.82, 2.24) is 24.7 Å². The average molecular weight is 518 g/mol. The van der Waals surface area contributed by atoms with E-state index >= 15 is 0 Å². The summed E-state index contributed by atoms with van der Waals surface area (Å²) in [7, 11) is 0. The molecule has 0 aliphatic rings. The van der Waals surface area contributed by atoms with Crippen molar-refractivity contribution in [2.75, 3.05) is 0 Å². The molecule has 0 radical (unpaired) electrons. The second-order valence-electron chi connectivity index (χ2n) is 5.00. The Bertz CT molecular complexity index is 1220. The Morgan fingerprint density at radius 1 is 1.12 bits per heavy atom. The summed E-state index contributed by atoms with van der Waals surface area (Å²) in [6, 6.07) is 6.56. The van der Waals surface area contributed by atoms with Crippen LogP contribution in [0.2, 0.25) is 10.2 Å². The topological polar surface area (TPSA) is 86.7 Å². The van der Waals surface area contributed by atoms with Gasteiger partial charge in [-0.2, -0.15) is 5.10 Å². The van der Waals surface area contributed by atoms with Crippen molar-refractivity contribution in [2.45, 2.75) is 0 Å². The van der Waals surface area contributed by atoms with Gasteiger partial charge in [-0.05, 0) is 50.1 Å². The number of aromatic nitrogens is 5. The second kappa shape index (κ2) is 6.73. The molecule has 0 saturated heterocycles. The number of pyridine rings is 2. The molecule has 0 aromatic carbocycles. The van der Waals surface area contributed by atoms with E-state index in [1.54, 1.807) is 30.5 Å². The minimum atomic E-state index is -0.677. The van der Waals surface area contributed by atoms with Crippen molar-refractivity contribution >= 4 is 66.1 Å². The van der Waals surface area contributed by atoms with Crippen LogP contribution in [0.5, 0.6) is 0 Å². The maximum Gasteiger partial charge on any atom is 0.366 e. The van der Waals surface area contributed by atoms with E-state index in [-0.39, 0.29) is 16.6 Å². The number of hydrogen-bond donors (Lipinski definition) is 0. The van der Waals surface area contributed by atoms with Crippen LogP contribution < -0.4 is 5.63 Å². The van der Waals surface area contributed by atoms with Gasteiger partial charge >= 0.3 is 5.63 Å². The Morgan fingerprint density at radius 2 is 1.92 bits per heavy atom. The Balaban J connectivity index is 2.01. The highest BCUT2D eigenvalue weighted by molar-refractivity contribution is 9.10. The van der Waals surface area contributed by atoms with Crippen LogP contribution in [-0.2, 0) is 0 Å². The highest BCUT2D eigenvalue weighted by Crippen LogP contribution is 2.29. The van der Waals surface area contributed by atoms with Crippen molar-refractivity contribution in [3.8, 4) is 17.4 Å². The van der Waals surface area contributed by atoms with Gasteiger partial charge in [0, 0.05) is 16.7 Å². The molecule has 0 atom stereocenters. The molecule has 0 fully saturated rings. The van der Waals surface area contributed by atoms with Crippen LogP contribution in [0.1, 0.15) is 0 Å². The molecule has 26 heavy (non-hydrogen) atoms. The summed E-state index contributed by atoms with van der Waals surface area (Å²) in [5, 5.41) is 4.83. The van der Waals surface area contributed by atoms with Crippen LogP contribution in [0.15, 0.2) is 48.7 Å². The Morgan fingerprint density at radius 3 is 2.69 bits per heavy atom. The Hall–Kier alpha value is -1.81. The summed E-state index contributed by atoms with van der Waals surface area (Å²) in [6.45, 7) is 0. The number of fused-ring (bicyclic) bond motifs is 1. The quantitative estimate of drug-likeness (QED) is 0.359. The molecule has 11 heteroatoms. The molecule has 0 saturated carbocycles. The molecule has 0 aliphatic carbocycles. The fourth-order valence-electron chi connectivity index (χ4n) is 2.30. The van der Waals surface area contributed by atoms with E-state index in [0.29, 0.717) is 31.1 Å². The number of hydrogen-bond acceptors (Lipinski definition) is 6. The summed E-state index contributed by atoms with van der Waals surface area (Å²) in [6.07, 6.45) is 1.58. The van der Waals surface area contributed by atoms with E-state index in [2.05, 4.69) is 51.9 Å². The van der Waals surface area contributed by atoms with Gasteiger partial charge in [0.2, 0.25) is 5.89 Å². The van der Waals surface area contributed by atoms with Crippen LogP contribution in [0.4, 0.5) is 0 Å². The van der Waals surface area contributed by atoms with Crippen LogP contribution in [0.3, 0.4) is 0 Å². The minimum absolute atomic E-state index is 0.0223. The van der Waals surface area contributed by atoms with Crippen molar-refractivity contribution in [3.63, 3.8) is 0 Å². The predicted octanol–water partition coefficient (Wildman–Crippen LogP) is 4.66. The first kappa shape index (κ1) is 17.6. The van der Waals surface area contributed by atoms with Gasteiger partial charge in [-0.15, -0.1) is 0 Å². The first-order chi connectivity index (χ1) is 12.4. The van der Waals surface area contributed by atoms with Crippen LogP contribution in [0.25, 0.3) is 28.4 Å². The molecular weight excluding hydrogens is 513 g/mol. The van der Waals surface area contributed by atoms with Crippen molar-refractivity contribution in [2.24, 2.45) is 0 Å². The van der Waals surface area contributed by atoms with E-state index in [9.17, 15) is 4.79 Å². The SMILES string of the molecule is O=c1oc(-c2cc(Br)nn2-c2ncccc2Cl)nc2c(Br)cc(Cl)nc12.